The second-order valence-corrected chi connectivity index (χ2v) is 4.79. The highest BCUT2D eigenvalue weighted by molar-refractivity contribution is 5.87. The first-order valence-electron chi connectivity index (χ1n) is 6.50. The predicted molar refractivity (Wildman–Crippen MR) is 71.1 cm³/mol. The molecule has 1 aliphatic rings. The molecule has 2 aromatic heterocycles. The number of nitrogens with one attached hydrogen (secondary N) is 2. The van der Waals surface area contributed by atoms with Crippen molar-refractivity contribution in [1.29, 1.82) is 0 Å². The Balaban J connectivity index is 1.51. The van der Waals surface area contributed by atoms with Gasteiger partial charge in [-0.1, -0.05) is 0 Å². The molecule has 2 N–H and O–H groups in total. The number of aryl methyl sites for hydroxylation is 1. The van der Waals surface area contributed by atoms with E-state index in [1.165, 1.54) is 19.2 Å². The van der Waals surface area contributed by atoms with Crippen molar-refractivity contribution >= 4 is 11.8 Å². The number of aromatic nitrogens is 3. The third-order valence-electron chi connectivity index (χ3n) is 3.18. The molecule has 3 rings (SSSR count). The molecule has 7 heteroatoms. The van der Waals surface area contributed by atoms with Crippen LogP contribution in [-0.4, -0.2) is 21.2 Å². The third kappa shape index (κ3) is 2.93. The Hall–Kier alpha value is -2.44. The van der Waals surface area contributed by atoms with Crippen molar-refractivity contribution in [3.63, 3.8) is 0 Å². The van der Waals surface area contributed by atoms with Gasteiger partial charge < -0.3 is 9.73 Å². The molecular formula is C13H15N5O2. The number of urea groups is 1. The molecule has 1 fully saturated rings. The summed E-state index contributed by atoms with van der Waals surface area (Å²) in [5.41, 5.74) is 1.76. The lowest BCUT2D eigenvalue weighted by atomic mass is 10.3. The molecule has 0 aromatic carbocycles. The zero-order chi connectivity index (χ0) is 13.9. The molecule has 2 heterocycles. The number of amides is 2. The van der Waals surface area contributed by atoms with E-state index in [1.807, 2.05) is 13.0 Å². The summed E-state index contributed by atoms with van der Waals surface area (Å²) in [6.45, 7) is 2.10. The minimum Gasteiger partial charge on any atom is -0.446 e. The van der Waals surface area contributed by atoms with Crippen molar-refractivity contribution in [3.05, 3.63) is 35.7 Å². The van der Waals surface area contributed by atoms with E-state index in [1.54, 1.807) is 6.07 Å². The highest BCUT2D eigenvalue weighted by Gasteiger charge is 2.25. The first kappa shape index (κ1) is 12.6. The van der Waals surface area contributed by atoms with E-state index in [0.29, 0.717) is 17.5 Å². The number of anilines is 1. The molecule has 104 valence electrons. The molecule has 0 spiro atoms. The van der Waals surface area contributed by atoms with Gasteiger partial charge in [-0.25, -0.2) is 9.78 Å². The van der Waals surface area contributed by atoms with Gasteiger partial charge in [0.1, 0.15) is 5.76 Å². The molecule has 1 aliphatic carbocycles. The first-order chi connectivity index (χ1) is 9.72. The second kappa shape index (κ2) is 5.28. The largest absolute Gasteiger partial charge is 0.446 e. The lowest BCUT2D eigenvalue weighted by molar-refractivity contribution is 0.250. The van der Waals surface area contributed by atoms with Crippen molar-refractivity contribution in [3.8, 4) is 0 Å². The van der Waals surface area contributed by atoms with Crippen LogP contribution < -0.4 is 10.6 Å². The Morgan fingerprint density at radius 1 is 1.40 bits per heavy atom. The van der Waals surface area contributed by atoms with Gasteiger partial charge in [0.15, 0.2) is 12.2 Å². The normalized spacial score (nSPS) is 14.1. The number of nitrogens with zero attached hydrogens (tertiary/aromatic N) is 3. The molecule has 0 radical (unpaired) electrons. The summed E-state index contributed by atoms with van der Waals surface area (Å²) >= 11 is 0. The van der Waals surface area contributed by atoms with Gasteiger partial charge in [0, 0.05) is 5.92 Å². The maximum absolute atomic E-state index is 11.7. The lowest BCUT2D eigenvalue weighted by Gasteiger charge is -2.05. The second-order valence-electron chi connectivity index (χ2n) is 4.79. The highest BCUT2D eigenvalue weighted by atomic mass is 16.3. The van der Waals surface area contributed by atoms with E-state index in [9.17, 15) is 4.79 Å². The number of carbonyl (C=O) groups is 1. The standard InChI is InChI=1S/C13H15N5O2/c1-8-11(20-7-15-8)6-14-13(19)16-12-5-4-10(17-18-12)9-2-3-9/h4-5,7,9H,2-3,6H2,1H3,(H2,14,16,18,19). The fourth-order valence-electron chi connectivity index (χ4n) is 1.82. The molecule has 0 aliphatic heterocycles. The smallest absolute Gasteiger partial charge is 0.320 e. The minimum atomic E-state index is -0.353. The summed E-state index contributed by atoms with van der Waals surface area (Å²) in [4.78, 5) is 15.6. The van der Waals surface area contributed by atoms with Gasteiger partial charge in [-0.3, -0.25) is 5.32 Å². The third-order valence-corrected chi connectivity index (χ3v) is 3.18. The van der Waals surface area contributed by atoms with Crippen LogP contribution in [0.3, 0.4) is 0 Å². The van der Waals surface area contributed by atoms with E-state index in [4.69, 9.17) is 4.42 Å². The zero-order valence-electron chi connectivity index (χ0n) is 11.1. The van der Waals surface area contributed by atoms with Crippen molar-refractivity contribution in [1.82, 2.24) is 20.5 Å². The number of hydrogen-bond donors (Lipinski definition) is 2. The Morgan fingerprint density at radius 3 is 2.85 bits per heavy atom. The molecule has 2 aromatic rings. The van der Waals surface area contributed by atoms with Crippen LogP contribution in [0.1, 0.15) is 35.9 Å². The van der Waals surface area contributed by atoms with Crippen LogP contribution in [-0.2, 0) is 6.54 Å². The topological polar surface area (TPSA) is 92.9 Å². The van der Waals surface area contributed by atoms with Gasteiger partial charge in [-0.2, -0.15) is 5.10 Å². The van der Waals surface area contributed by atoms with Crippen molar-refractivity contribution < 1.29 is 9.21 Å². The summed E-state index contributed by atoms with van der Waals surface area (Å²) in [7, 11) is 0. The zero-order valence-corrected chi connectivity index (χ0v) is 11.1. The van der Waals surface area contributed by atoms with E-state index < -0.39 is 0 Å². The van der Waals surface area contributed by atoms with Crippen molar-refractivity contribution in [2.75, 3.05) is 5.32 Å². The molecule has 0 atom stereocenters. The molecule has 0 bridgehead atoms. The summed E-state index contributed by atoms with van der Waals surface area (Å²) in [6.07, 6.45) is 3.71. The molecule has 0 saturated heterocycles. The van der Waals surface area contributed by atoms with Crippen LogP contribution in [0.15, 0.2) is 22.9 Å². The average molecular weight is 273 g/mol. The molecule has 1 saturated carbocycles. The molecule has 0 unspecified atom stereocenters. The van der Waals surface area contributed by atoms with Crippen LogP contribution in [0.4, 0.5) is 10.6 Å². The number of hydrogen-bond acceptors (Lipinski definition) is 5. The van der Waals surface area contributed by atoms with Crippen LogP contribution in [0.2, 0.25) is 0 Å². The number of rotatable bonds is 4. The van der Waals surface area contributed by atoms with Crippen molar-refractivity contribution in [2.45, 2.75) is 32.2 Å². The van der Waals surface area contributed by atoms with Gasteiger partial charge in [0.2, 0.25) is 0 Å². The molecule has 7 nitrogen and oxygen atoms in total. The van der Waals surface area contributed by atoms with Gasteiger partial charge in [0.05, 0.1) is 17.9 Å². The quantitative estimate of drug-likeness (QED) is 0.888. The maximum atomic E-state index is 11.7. The highest BCUT2D eigenvalue weighted by Crippen LogP contribution is 2.38. The minimum absolute atomic E-state index is 0.283. The van der Waals surface area contributed by atoms with Gasteiger partial charge >= 0.3 is 6.03 Å². The fourth-order valence-corrected chi connectivity index (χ4v) is 1.82. The Bertz CT molecular complexity index is 603. The number of oxazole rings is 1. The predicted octanol–water partition coefficient (Wildman–Crippen LogP) is 1.97. The van der Waals surface area contributed by atoms with E-state index in [2.05, 4.69) is 25.8 Å². The van der Waals surface area contributed by atoms with E-state index in [-0.39, 0.29) is 12.6 Å². The van der Waals surface area contributed by atoms with Crippen molar-refractivity contribution in [2.24, 2.45) is 0 Å². The van der Waals surface area contributed by atoms with Crippen LogP contribution in [0.25, 0.3) is 0 Å². The first-order valence-corrected chi connectivity index (χ1v) is 6.50. The van der Waals surface area contributed by atoms with Gasteiger partial charge in [-0.15, -0.1) is 5.10 Å². The number of carbonyl (C=O) groups excluding carboxylic acids is 1. The molecular weight excluding hydrogens is 258 g/mol. The lowest BCUT2D eigenvalue weighted by Crippen LogP contribution is -2.28. The summed E-state index contributed by atoms with van der Waals surface area (Å²) in [5.74, 6) is 1.62. The van der Waals surface area contributed by atoms with Gasteiger partial charge in [-0.05, 0) is 31.9 Å². The van der Waals surface area contributed by atoms with Crippen LogP contribution in [0.5, 0.6) is 0 Å². The van der Waals surface area contributed by atoms with E-state index in [0.717, 1.165) is 11.4 Å². The van der Waals surface area contributed by atoms with Crippen LogP contribution >= 0.6 is 0 Å². The maximum Gasteiger partial charge on any atom is 0.320 e. The monoisotopic (exact) mass is 273 g/mol. The summed E-state index contributed by atoms with van der Waals surface area (Å²) in [6, 6.07) is 3.31. The Morgan fingerprint density at radius 2 is 2.25 bits per heavy atom. The average Bonchev–Trinajstić information content (AvgIpc) is 3.21. The van der Waals surface area contributed by atoms with E-state index >= 15 is 0 Å². The molecule has 20 heavy (non-hydrogen) atoms. The Labute approximate surface area is 115 Å². The SMILES string of the molecule is Cc1ncoc1CNC(=O)Nc1ccc(C2CC2)nn1. The summed E-state index contributed by atoms with van der Waals surface area (Å²) < 4.78 is 5.13. The Kier molecular flexibility index (Phi) is 3.32. The fraction of sp³-hybridized carbons (Fsp3) is 0.385. The van der Waals surface area contributed by atoms with Crippen LogP contribution in [0, 0.1) is 6.92 Å². The summed E-state index contributed by atoms with van der Waals surface area (Å²) in [5, 5.41) is 13.4. The molecule has 2 amide bonds. The van der Waals surface area contributed by atoms with Gasteiger partial charge in [0.25, 0.3) is 0 Å².